The van der Waals surface area contributed by atoms with Crippen LogP contribution in [-0.4, -0.2) is 33.7 Å². The zero-order valence-corrected chi connectivity index (χ0v) is 18.6. The van der Waals surface area contributed by atoms with E-state index in [4.69, 9.17) is 9.72 Å². The van der Waals surface area contributed by atoms with Crippen molar-refractivity contribution < 1.29 is 9.53 Å². The highest BCUT2D eigenvalue weighted by Gasteiger charge is 2.25. The van der Waals surface area contributed by atoms with Crippen molar-refractivity contribution in [2.45, 2.75) is 77.5 Å². The molecule has 6 nitrogen and oxygen atoms in total. The first kappa shape index (κ1) is 20.8. The number of rotatable bonds is 4. The number of carbonyl (C=O) groups excluding carboxylic acids is 1. The zero-order valence-electron chi connectivity index (χ0n) is 17.0. The standard InChI is InChI=1S/C21H29BrN4O2/c1-5-13-10-15(22)11-14-12-23-19(26-18(13)14)24-16-6-8-17(9-7-16)25-20(27)28-21(2,3)4/h10-12,16-17H,5-9H2,1-4H3,(H,25,27)(H,23,24,26). The number of aryl methyl sites for hydroxylation is 1. The number of hydrogen-bond donors (Lipinski definition) is 2. The average molecular weight is 449 g/mol. The van der Waals surface area contributed by atoms with Crippen LogP contribution in [0.5, 0.6) is 0 Å². The summed E-state index contributed by atoms with van der Waals surface area (Å²) in [5.41, 5.74) is 1.74. The molecule has 1 aromatic carbocycles. The van der Waals surface area contributed by atoms with E-state index in [1.807, 2.05) is 33.0 Å². The molecule has 7 heteroatoms. The van der Waals surface area contributed by atoms with Crippen LogP contribution in [0.15, 0.2) is 22.8 Å². The van der Waals surface area contributed by atoms with Gasteiger partial charge in [0.25, 0.3) is 0 Å². The van der Waals surface area contributed by atoms with Crippen molar-refractivity contribution in [3.05, 3.63) is 28.4 Å². The number of amides is 1. The van der Waals surface area contributed by atoms with E-state index in [0.29, 0.717) is 12.0 Å². The molecule has 152 valence electrons. The number of alkyl carbamates (subject to hydrolysis) is 1. The molecule has 1 heterocycles. The maximum Gasteiger partial charge on any atom is 0.407 e. The highest BCUT2D eigenvalue weighted by Crippen LogP contribution is 2.26. The number of anilines is 1. The second-order valence-corrected chi connectivity index (χ2v) is 9.30. The van der Waals surface area contributed by atoms with Crippen LogP contribution in [0.25, 0.3) is 10.9 Å². The number of fused-ring (bicyclic) bond motifs is 1. The molecule has 0 saturated heterocycles. The highest BCUT2D eigenvalue weighted by molar-refractivity contribution is 9.10. The number of benzene rings is 1. The van der Waals surface area contributed by atoms with E-state index in [-0.39, 0.29) is 12.1 Å². The lowest BCUT2D eigenvalue weighted by atomic mass is 9.91. The third-order valence-corrected chi connectivity index (χ3v) is 5.35. The zero-order chi connectivity index (χ0) is 20.3. The minimum atomic E-state index is -0.469. The molecule has 1 amide bonds. The van der Waals surface area contributed by atoms with Gasteiger partial charge in [-0.3, -0.25) is 0 Å². The van der Waals surface area contributed by atoms with Gasteiger partial charge in [-0.25, -0.2) is 14.8 Å². The van der Waals surface area contributed by atoms with Crippen molar-refractivity contribution in [3.8, 4) is 0 Å². The lowest BCUT2D eigenvalue weighted by Crippen LogP contribution is -2.42. The van der Waals surface area contributed by atoms with Gasteiger partial charge in [0, 0.05) is 28.1 Å². The van der Waals surface area contributed by atoms with E-state index in [1.54, 1.807) is 0 Å². The van der Waals surface area contributed by atoms with Crippen LogP contribution in [0.1, 0.15) is 58.9 Å². The molecule has 1 saturated carbocycles. The van der Waals surface area contributed by atoms with Crippen LogP contribution in [-0.2, 0) is 11.2 Å². The fourth-order valence-electron chi connectivity index (χ4n) is 3.56. The number of aromatic nitrogens is 2. The van der Waals surface area contributed by atoms with Crippen LogP contribution < -0.4 is 10.6 Å². The molecule has 2 N–H and O–H groups in total. The van der Waals surface area contributed by atoms with Gasteiger partial charge in [0.2, 0.25) is 5.95 Å². The third-order valence-electron chi connectivity index (χ3n) is 4.89. The summed E-state index contributed by atoms with van der Waals surface area (Å²) in [6, 6.07) is 4.64. The summed E-state index contributed by atoms with van der Waals surface area (Å²) in [5.74, 6) is 0.674. The number of hydrogen-bond acceptors (Lipinski definition) is 5. The van der Waals surface area contributed by atoms with E-state index in [2.05, 4.69) is 44.5 Å². The van der Waals surface area contributed by atoms with E-state index in [1.165, 1.54) is 5.56 Å². The van der Waals surface area contributed by atoms with Crippen molar-refractivity contribution in [2.75, 3.05) is 5.32 Å². The van der Waals surface area contributed by atoms with Gasteiger partial charge in [-0.2, -0.15) is 0 Å². The Hall–Kier alpha value is -1.89. The molecule has 0 unspecified atom stereocenters. The predicted octanol–water partition coefficient (Wildman–Crippen LogP) is 5.20. The Kier molecular flexibility index (Phi) is 6.43. The van der Waals surface area contributed by atoms with Crippen LogP contribution in [0, 0.1) is 0 Å². The Morgan fingerprint density at radius 2 is 1.89 bits per heavy atom. The second-order valence-electron chi connectivity index (χ2n) is 8.39. The largest absolute Gasteiger partial charge is 0.444 e. The molecule has 0 radical (unpaired) electrons. The van der Waals surface area contributed by atoms with Gasteiger partial charge in [-0.15, -0.1) is 0 Å². The Bertz CT molecular complexity index is 842. The fraction of sp³-hybridized carbons (Fsp3) is 0.571. The van der Waals surface area contributed by atoms with E-state index >= 15 is 0 Å². The lowest BCUT2D eigenvalue weighted by Gasteiger charge is -2.30. The third kappa shape index (κ3) is 5.56. The molecular formula is C21H29BrN4O2. The van der Waals surface area contributed by atoms with Crippen molar-refractivity contribution in [1.82, 2.24) is 15.3 Å². The molecule has 28 heavy (non-hydrogen) atoms. The van der Waals surface area contributed by atoms with Crippen molar-refractivity contribution in [1.29, 1.82) is 0 Å². The Labute approximate surface area is 175 Å². The molecule has 1 aromatic heterocycles. The van der Waals surface area contributed by atoms with Gasteiger partial charge in [0.05, 0.1) is 5.52 Å². The second kappa shape index (κ2) is 8.64. The van der Waals surface area contributed by atoms with Gasteiger partial charge < -0.3 is 15.4 Å². The first-order valence-corrected chi connectivity index (χ1v) is 10.7. The average Bonchev–Trinajstić information content (AvgIpc) is 2.61. The Morgan fingerprint density at radius 1 is 1.21 bits per heavy atom. The van der Waals surface area contributed by atoms with Crippen LogP contribution in [0.4, 0.5) is 10.7 Å². The van der Waals surface area contributed by atoms with Gasteiger partial charge in [0.15, 0.2) is 0 Å². The normalized spacial score (nSPS) is 20.0. The first-order chi connectivity index (χ1) is 13.2. The van der Waals surface area contributed by atoms with Crippen molar-refractivity contribution >= 4 is 38.9 Å². The monoisotopic (exact) mass is 448 g/mol. The van der Waals surface area contributed by atoms with E-state index in [9.17, 15) is 4.79 Å². The summed E-state index contributed by atoms with van der Waals surface area (Å²) >= 11 is 3.55. The molecule has 1 fully saturated rings. The Balaban J connectivity index is 1.57. The minimum Gasteiger partial charge on any atom is -0.444 e. The smallest absolute Gasteiger partial charge is 0.407 e. The van der Waals surface area contributed by atoms with E-state index in [0.717, 1.165) is 47.5 Å². The summed E-state index contributed by atoms with van der Waals surface area (Å²) in [6.45, 7) is 7.76. The fourth-order valence-corrected chi connectivity index (χ4v) is 4.08. The quantitative estimate of drug-likeness (QED) is 0.671. The lowest BCUT2D eigenvalue weighted by molar-refractivity contribution is 0.0492. The molecule has 0 atom stereocenters. The minimum absolute atomic E-state index is 0.162. The van der Waals surface area contributed by atoms with Crippen LogP contribution in [0.3, 0.4) is 0 Å². The highest BCUT2D eigenvalue weighted by atomic mass is 79.9. The van der Waals surface area contributed by atoms with Gasteiger partial charge in [-0.05, 0) is 70.6 Å². The SMILES string of the molecule is CCc1cc(Br)cc2cnc(NC3CCC(NC(=O)OC(C)(C)C)CC3)nc12. The number of halogens is 1. The molecule has 0 aliphatic heterocycles. The predicted molar refractivity (Wildman–Crippen MR) is 116 cm³/mol. The van der Waals surface area contributed by atoms with E-state index < -0.39 is 5.60 Å². The van der Waals surface area contributed by atoms with Crippen LogP contribution in [0.2, 0.25) is 0 Å². The molecule has 0 bridgehead atoms. The number of ether oxygens (including phenoxy) is 1. The maximum absolute atomic E-state index is 11.9. The molecule has 1 aliphatic carbocycles. The number of nitrogens with one attached hydrogen (secondary N) is 2. The molecule has 0 spiro atoms. The summed E-state index contributed by atoms with van der Waals surface area (Å²) in [4.78, 5) is 21.2. The molecular weight excluding hydrogens is 420 g/mol. The van der Waals surface area contributed by atoms with Gasteiger partial charge >= 0.3 is 6.09 Å². The number of carbonyl (C=O) groups is 1. The maximum atomic E-state index is 11.9. The molecule has 2 aromatic rings. The van der Waals surface area contributed by atoms with Gasteiger partial charge in [0.1, 0.15) is 5.60 Å². The number of nitrogens with zero attached hydrogens (tertiary/aromatic N) is 2. The Morgan fingerprint density at radius 3 is 2.54 bits per heavy atom. The summed E-state index contributed by atoms with van der Waals surface area (Å²) in [6.07, 6.45) is 6.22. The van der Waals surface area contributed by atoms with Crippen molar-refractivity contribution in [2.24, 2.45) is 0 Å². The van der Waals surface area contributed by atoms with Crippen LogP contribution >= 0.6 is 15.9 Å². The van der Waals surface area contributed by atoms with Crippen molar-refractivity contribution in [3.63, 3.8) is 0 Å². The van der Waals surface area contributed by atoms with Gasteiger partial charge in [-0.1, -0.05) is 22.9 Å². The summed E-state index contributed by atoms with van der Waals surface area (Å²) < 4.78 is 6.40. The molecule has 1 aliphatic rings. The summed E-state index contributed by atoms with van der Waals surface area (Å²) in [7, 11) is 0. The first-order valence-electron chi connectivity index (χ1n) is 9.94. The summed E-state index contributed by atoms with van der Waals surface area (Å²) in [5, 5.41) is 7.50. The topological polar surface area (TPSA) is 76.1 Å². The molecule has 3 rings (SSSR count).